The van der Waals surface area contributed by atoms with Gasteiger partial charge in [0.15, 0.2) is 5.96 Å². The Morgan fingerprint density at radius 3 is 2.83 bits per heavy atom. The summed E-state index contributed by atoms with van der Waals surface area (Å²) in [6.07, 6.45) is 2.43. The molecule has 2 aromatic rings. The first-order chi connectivity index (χ1) is 14.2. The van der Waals surface area contributed by atoms with Crippen LogP contribution in [-0.2, 0) is 13.1 Å². The van der Waals surface area contributed by atoms with Crippen LogP contribution in [0.25, 0.3) is 0 Å². The first-order valence-electron chi connectivity index (χ1n) is 10.4. The van der Waals surface area contributed by atoms with E-state index in [2.05, 4.69) is 45.8 Å². The summed E-state index contributed by atoms with van der Waals surface area (Å²) in [5.41, 5.74) is 2.36. The molecular weight excluding hydrogens is 382 g/mol. The maximum Gasteiger partial charge on any atom is 0.191 e. The molecule has 0 spiro atoms. The number of hydrogen-bond acceptors (Lipinski definition) is 5. The Morgan fingerprint density at radius 1 is 1.31 bits per heavy atom. The van der Waals surface area contributed by atoms with Crippen molar-refractivity contribution in [2.45, 2.75) is 39.8 Å². The SMILES string of the molecule is CCNC(=NCc1cccc(OC)c1)NCC1CCN(Cc2csc(C)n2)CC1. The van der Waals surface area contributed by atoms with Crippen LogP contribution in [-0.4, -0.2) is 49.1 Å². The third kappa shape index (κ3) is 7.01. The first kappa shape index (κ1) is 21.6. The molecule has 29 heavy (non-hydrogen) atoms. The number of likely N-dealkylation sites (tertiary alicyclic amines) is 1. The average Bonchev–Trinajstić information content (AvgIpc) is 3.16. The fraction of sp³-hybridized carbons (Fsp3) is 0.545. The van der Waals surface area contributed by atoms with Crippen molar-refractivity contribution in [2.75, 3.05) is 33.3 Å². The maximum atomic E-state index is 5.30. The van der Waals surface area contributed by atoms with Gasteiger partial charge in [0.05, 0.1) is 24.4 Å². The van der Waals surface area contributed by atoms with Gasteiger partial charge in [0.1, 0.15) is 5.75 Å². The van der Waals surface area contributed by atoms with E-state index in [1.807, 2.05) is 18.2 Å². The molecule has 158 valence electrons. The average molecular weight is 416 g/mol. The van der Waals surface area contributed by atoms with Gasteiger partial charge in [-0.3, -0.25) is 4.90 Å². The topological polar surface area (TPSA) is 61.8 Å². The van der Waals surface area contributed by atoms with Crippen molar-refractivity contribution in [3.63, 3.8) is 0 Å². The maximum absolute atomic E-state index is 5.30. The summed E-state index contributed by atoms with van der Waals surface area (Å²) >= 11 is 1.74. The number of ether oxygens (including phenoxy) is 1. The highest BCUT2D eigenvalue weighted by Gasteiger charge is 2.20. The van der Waals surface area contributed by atoms with Crippen molar-refractivity contribution < 1.29 is 4.74 Å². The van der Waals surface area contributed by atoms with Crippen molar-refractivity contribution in [2.24, 2.45) is 10.9 Å². The van der Waals surface area contributed by atoms with Crippen molar-refractivity contribution in [1.29, 1.82) is 0 Å². The van der Waals surface area contributed by atoms with E-state index in [-0.39, 0.29) is 0 Å². The normalized spacial score (nSPS) is 16.0. The number of rotatable bonds is 8. The van der Waals surface area contributed by atoms with Gasteiger partial charge in [-0.05, 0) is 63.4 Å². The Hall–Kier alpha value is -2.12. The molecule has 6 nitrogen and oxygen atoms in total. The zero-order valence-electron chi connectivity index (χ0n) is 17.8. The summed E-state index contributed by atoms with van der Waals surface area (Å²) in [7, 11) is 1.69. The van der Waals surface area contributed by atoms with Gasteiger partial charge >= 0.3 is 0 Å². The third-order valence-electron chi connectivity index (χ3n) is 5.22. The van der Waals surface area contributed by atoms with Crippen molar-refractivity contribution in [1.82, 2.24) is 20.5 Å². The number of nitrogens with one attached hydrogen (secondary N) is 2. The second kappa shape index (κ2) is 11.2. The number of thiazole rings is 1. The van der Waals surface area contributed by atoms with Gasteiger partial charge in [-0.15, -0.1) is 11.3 Å². The minimum absolute atomic E-state index is 0.637. The van der Waals surface area contributed by atoms with Crippen molar-refractivity contribution >= 4 is 17.3 Å². The quantitative estimate of drug-likeness (QED) is 0.511. The van der Waals surface area contributed by atoms with Gasteiger partial charge in [-0.25, -0.2) is 9.98 Å². The van der Waals surface area contributed by atoms with E-state index in [4.69, 9.17) is 9.73 Å². The molecule has 2 heterocycles. The van der Waals surface area contributed by atoms with Gasteiger partial charge in [0.25, 0.3) is 0 Å². The van der Waals surface area contributed by atoms with E-state index < -0.39 is 0 Å². The lowest BCUT2D eigenvalue weighted by Crippen LogP contribution is -2.42. The van der Waals surface area contributed by atoms with Crippen LogP contribution in [0.5, 0.6) is 5.75 Å². The van der Waals surface area contributed by atoms with E-state index in [9.17, 15) is 0 Å². The van der Waals surface area contributed by atoms with Crippen LogP contribution in [0.2, 0.25) is 0 Å². The van der Waals surface area contributed by atoms with Gasteiger partial charge in [-0.1, -0.05) is 12.1 Å². The second-order valence-corrected chi connectivity index (χ2v) is 8.57. The third-order valence-corrected chi connectivity index (χ3v) is 6.04. The van der Waals surface area contributed by atoms with Crippen LogP contribution in [0.3, 0.4) is 0 Å². The van der Waals surface area contributed by atoms with Crippen LogP contribution in [0.4, 0.5) is 0 Å². The minimum atomic E-state index is 0.637. The number of aromatic nitrogens is 1. The number of nitrogens with zero attached hydrogens (tertiary/aromatic N) is 3. The lowest BCUT2D eigenvalue weighted by atomic mass is 9.97. The van der Waals surface area contributed by atoms with Crippen LogP contribution in [0.15, 0.2) is 34.6 Å². The van der Waals surface area contributed by atoms with Gasteiger partial charge in [0.2, 0.25) is 0 Å². The summed E-state index contributed by atoms with van der Waals surface area (Å²) in [6, 6.07) is 8.07. The molecule has 1 aromatic carbocycles. The first-order valence-corrected chi connectivity index (χ1v) is 11.3. The molecule has 0 atom stereocenters. The number of aliphatic imine (C=N–C) groups is 1. The minimum Gasteiger partial charge on any atom is -0.497 e. The van der Waals surface area contributed by atoms with E-state index in [1.165, 1.54) is 18.5 Å². The molecule has 1 fully saturated rings. The fourth-order valence-electron chi connectivity index (χ4n) is 3.58. The number of guanidine groups is 1. The molecule has 3 rings (SSSR count). The highest BCUT2D eigenvalue weighted by atomic mass is 32.1. The lowest BCUT2D eigenvalue weighted by Gasteiger charge is -2.31. The molecule has 0 amide bonds. The molecule has 1 aliphatic rings. The number of aryl methyl sites for hydroxylation is 1. The molecule has 0 aliphatic carbocycles. The standard InChI is InChI=1S/C22H33N5OS/c1-4-23-22(25-14-19-6-5-7-21(12-19)28-3)24-13-18-8-10-27(11-9-18)15-20-16-29-17(2)26-20/h5-7,12,16,18H,4,8-11,13-15H2,1-3H3,(H2,23,24,25). The fourth-order valence-corrected chi connectivity index (χ4v) is 4.19. The molecular formula is C22H33N5OS. The number of piperidine rings is 1. The Labute approximate surface area is 178 Å². The van der Waals surface area contributed by atoms with Crippen LogP contribution < -0.4 is 15.4 Å². The largest absolute Gasteiger partial charge is 0.497 e. The summed E-state index contributed by atoms with van der Waals surface area (Å²) < 4.78 is 5.30. The molecule has 0 bridgehead atoms. The Bertz CT molecular complexity index is 783. The number of hydrogen-bond donors (Lipinski definition) is 2. The molecule has 1 saturated heterocycles. The van der Waals surface area contributed by atoms with Crippen LogP contribution in [0, 0.1) is 12.8 Å². The van der Waals surface area contributed by atoms with Crippen molar-refractivity contribution in [3.8, 4) is 5.75 Å². The zero-order chi connectivity index (χ0) is 20.5. The van der Waals surface area contributed by atoms with Gasteiger partial charge in [0, 0.05) is 25.0 Å². The summed E-state index contributed by atoms with van der Waals surface area (Å²) in [4.78, 5) is 11.9. The molecule has 0 saturated carbocycles. The Balaban J connectivity index is 1.44. The van der Waals surface area contributed by atoms with Gasteiger partial charge < -0.3 is 15.4 Å². The monoisotopic (exact) mass is 415 g/mol. The second-order valence-electron chi connectivity index (χ2n) is 7.50. The molecule has 1 aromatic heterocycles. The summed E-state index contributed by atoms with van der Waals surface area (Å²) in [6.45, 7) is 9.89. The van der Waals surface area contributed by atoms with Gasteiger partial charge in [-0.2, -0.15) is 0 Å². The number of methoxy groups -OCH3 is 1. The van der Waals surface area contributed by atoms with E-state index >= 15 is 0 Å². The van der Waals surface area contributed by atoms with E-state index in [0.717, 1.165) is 55.0 Å². The van der Waals surface area contributed by atoms with Crippen molar-refractivity contribution in [3.05, 3.63) is 45.9 Å². The van der Waals surface area contributed by atoms with E-state index in [1.54, 1.807) is 18.4 Å². The smallest absolute Gasteiger partial charge is 0.191 e. The molecule has 2 N–H and O–H groups in total. The molecule has 7 heteroatoms. The molecule has 0 unspecified atom stereocenters. The number of benzene rings is 1. The summed E-state index contributed by atoms with van der Waals surface area (Å²) in [5, 5.41) is 10.2. The lowest BCUT2D eigenvalue weighted by molar-refractivity contribution is 0.176. The van der Waals surface area contributed by atoms with Crippen LogP contribution in [0.1, 0.15) is 36.0 Å². The molecule has 0 radical (unpaired) electrons. The highest BCUT2D eigenvalue weighted by Crippen LogP contribution is 2.19. The highest BCUT2D eigenvalue weighted by molar-refractivity contribution is 7.09. The Morgan fingerprint density at radius 2 is 2.14 bits per heavy atom. The van der Waals surface area contributed by atoms with E-state index in [0.29, 0.717) is 12.5 Å². The summed E-state index contributed by atoms with van der Waals surface area (Å²) in [5.74, 6) is 2.44. The predicted octanol–water partition coefficient (Wildman–Crippen LogP) is 3.43. The molecule has 1 aliphatic heterocycles. The van der Waals surface area contributed by atoms with Crippen LogP contribution >= 0.6 is 11.3 Å². The zero-order valence-corrected chi connectivity index (χ0v) is 18.6. The Kier molecular flexibility index (Phi) is 8.31. The predicted molar refractivity (Wildman–Crippen MR) is 121 cm³/mol.